The number of hydrogen-bond acceptors (Lipinski definition) is 4. The smallest absolute Gasteiger partial charge is 0.410 e. The number of nitrogens with one attached hydrogen (secondary N) is 1. The van der Waals surface area contributed by atoms with Gasteiger partial charge in [0.15, 0.2) is 0 Å². The molecule has 0 bridgehead atoms. The minimum Gasteiger partial charge on any atom is -0.445 e. The van der Waals surface area contributed by atoms with E-state index in [4.69, 9.17) is 4.74 Å². The third-order valence-corrected chi connectivity index (χ3v) is 3.62. The van der Waals surface area contributed by atoms with Crippen molar-refractivity contribution in [3.63, 3.8) is 0 Å². The van der Waals surface area contributed by atoms with Crippen molar-refractivity contribution < 1.29 is 14.3 Å². The number of hydrogen-bond donors (Lipinski definition) is 2. The topological polar surface area (TPSA) is 58.6 Å². The van der Waals surface area contributed by atoms with E-state index in [1.165, 1.54) is 6.08 Å². The van der Waals surface area contributed by atoms with Gasteiger partial charge in [-0.3, -0.25) is 4.79 Å². The predicted octanol–water partition coefficient (Wildman–Crippen LogP) is 1.13. The second-order valence-corrected chi connectivity index (χ2v) is 5.40. The van der Waals surface area contributed by atoms with Gasteiger partial charge in [0, 0.05) is 23.9 Å². The Morgan fingerprint density at radius 3 is 3.05 bits per heavy atom. The lowest BCUT2D eigenvalue weighted by Gasteiger charge is -2.21. The molecule has 0 spiro atoms. The summed E-state index contributed by atoms with van der Waals surface area (Å²) in [7, 11) is 0. The number of rotatable bonds is 3. The molecule has 0 aliphatic carbocycles. The first-order chi connectivity index (χ1) is 9.11. The Morgan fingerprint density at radius 2 is 2.42 bits per heavy atom. The number of likely N-dealkylation sites (tertiary alicyclic amines) is 1. The van der Waals surface area contributed by atoms with Crippen LogP contribution in [0, 0.1) is 0 Å². The third kappa shape index (κ3) is 3.32. The van der Waals surface area contributed by atoms with Crippen LogP contribution in [-0.2, 0) is 9.53 Å². The monoisotopic (exact) mass is 282 g/mol. The quantitative estimate of drug-likeness (QED) is 0.463. The Bertz CT molecular complexity index is 422. The van der Waals surface area contributed by atoms with Crippen LogP contribution in [0.1, 0.15) is 12.8 Å². The lowest BCUT2D eigenvalue weighted by atomic mass is 10.1. The molecular weight excluding hydrogens is 264 g/mol. The second kappa shape index (κ2) is 6.14. The predicted molar refractivity (Wildman–Crippen MR) is 75.1 cm³/mol. The average Bonchev–Trinajstić information content (AvgIpc) is 2.94. The van der Waals surface area contributed by atoms with Crippen LogP contribution in [0.2, 0.25) is 0 Å². The highest BCUT2D eigenvalue weighted by Gasteiger charge is 2.34. The molecule has 0 aromatic heterocycles. The summed E-state index contributed by atoms with van der Waals surface area (Å²) in [6.07, 6.45) is 4.47. The van der Waals surface area contributed by atoms with Crippen LogP contribution >= 0.6 is 12.6 Å². The number of amides is 2. The maximum atomic E-state index is 11.9. The van der Waals surface area contributed by atoms with Crippen molar-refractivity contribution in [2.75, 3.05) is 19.7 Å². The molecule has 2 atom stereocenters. The van der Waals surface area contributed by atoms with Crippen LogP contribution in [0.15, 0.2) is 24.3 Å². The van der Waals surface area contributed by atoms with Crippen LogP contribution in [0.5, 0.6) is 0 Å². The molecular formula is C13H18N2O3S. The molecule has 0 aromatic carbocycles. The van der Waals surface area contributed by atoms with Crippen LogP contribution in [-0.4, -0.2) is 47.9 Å². The molecule has 2 rings (SSSR count). The second-order valence-electron chi connectivity index (χ2n) is 4.67. The van der Waals surface area contributed by atoms with E-state index in [1.807, 2.05) is 6.08 Å². The lowest BCUT2D eigenvalue weighted by Crippen LogP contribution is -2.35. The summed E-state index contributed by atoms with van der Waals surface area (Å²) in [4.78, 5) is 25.1. The number of thiol groups is 1. The maximum absolute atomic E-state index is 11.9. The molecule has 0 saturated carbocycles. The minimum absolute atomic E-state index is 0.0398. The standard InChI is InChI=1S/C13H18N2O3S/c1-2-5-18-13(17)15-8-11(19)7-10(15)6-9-3-4-14-12(9)16/h2,6,10-11,19H,1,3-5,7-8H2,(H,14,16)/b9-6-/t10-,11+/m1/s1. The molecule has 0 radical (unpaired) electrons. The normalized spacial score (nSPS) is 28.6. The van der Waals surface area contributed by atoms with Gasteiger partial charge in [-0.1, -0.05) is 18.7 Å². The van der Waals surface area contributed by atoms with Gasteiger partial charge < -0.3 is 15.0 Å². The summed E-state index contributed by atoms with van der Waals surface area (Å²) in [5.41, 5.74) is 0.744. The molecule has 0 unspecified atom stereocenters. The molecule has 2 aliphatic heterocycles. The molecule has 2 saturated heterocycles. The van der Waals surface area contributed by atoms with Crippen LogP contribution in [0.3, 0.4) is 0 Å². The fourth-order valence-corrected chi connectivity index (χ4v) is 2.74. The van der Waals surface area contributed by atoms with Crippen LogP contribution < -0.4 is 5.32 Å². The molecule has 0 aromatic rings. The summed E-state index contributed by atoms with van der Waals surface area (Å²) in [5.74, 6) is -0.0398. The molecule has 6 heteroatoms. The van der Waals surface area contributed by atoms with E-state index in [9.17, 15) is 9.59 Å². The SMILES string of the molecule is C=CCOC(=O)N1C[C@@H](S)C[C@H]1/C=C1/CCNC1=O. The Balaban J connectivity index is 2.06. The third-order valence-electron chi connectivity index (χ3n) is 3.25. The zero-order chi connectivity index (χ0) is 13.8. The first-order valence-electron chi connectivity index (χ1n) is 6.33. The summed E-state index contributed by atoms with van der Waals surface area (Å²) in [5, 5.41) is 2.87. The number of carbonyl (C=O) groups is 2. The first-order valence-corrected chi connectivity index (χ1v) is 6.84. The van der Waals surface area contributed by atoms with Crippen molar-refractivity contribution in [2.24, 2.45) is 0 Å². The van der Waals surface area contributed by atoms with E-state index in [1.54, 1.807) is 4.90 Å². The van der Waals surface area contributed by atoms with Crippen molar-refractivity contribution in [2.45, 2.75) is 24.1 Å². The summed E-state index contributed by atoms with van der Waals surface area (Å²) in [6.45, 7) is 4.91. The molecule has 2 heterocycles. The lowest BCUT2D eigenvalue weighted by molar-refractivity contribution is -0.116. The Morgan fingerprint density at radius 1 is 1.63 bits per heavy atom. The van der Waals surface area contributed by atoms with Crippen LogP contribution in [0.4, 0.5) is 4.79 Å². The van der Waals surface area contributed by atoms with E-state index >= 15 is 0 Å². The highest BCUT2D eigenvalue weighted by atomic mass is 32.1. The summed E-state index contributed by atoms with van der Waals surface area (Å²) in [6, 6.07) is -0.112. The van der Waals surface area contributed by atoms with E-state index in [0.717, 1.165) is 12.0 Å². The zero-order valence-electron chi connectivity index (χ0n) is 10.7. The van der Waals surface area contributed by atoms with Gasteiger partial charge in [0.2, 0.25) is 5.91 Å². The summed E-state index contributed by atoms with van der Waals surface area (Å²) < 4.78 is 5.05. The highest BCUT2D eigenvalue weighted by molar-refractivity contribution is 7.81. The van der Waals surface area contributed by atoms with Gasteiger partial charge in [-0.25, -0.2) is 4.79 Å². The van der Waals surface area contributed by atoms with E-state index < -0.39 is 0 Å². The van der Waals surface area contributed by atoms with Gasteiger partial charge in [-0.15, -0.1) is 0 Å². The molecule has 1 N–H and O–H groups in total. The molecule has 2 amide bonds. The van der Waals surface area contributed by atoms with Gasteiger partial charge >= 0.3 is 6.09 Å². The van der Waals surface area contributed by atoms with Crippen molar-refractivity contribution in [3.8, 4) is 0 Å². The Kier molecular flexibility index (Phi) is 4.52. The molecule has 104 valence electrons. The molecule has 5 nitrogen and oxygen atoms in total. The zero-order valence-corrected chi connectivity index (χ0v) is 11.6. The van der Waals surface area contributed by atoms with Crippen molar-refractivity contribution in [1.82, 2.24) is 10.2 Å². The van der Waals surface area contributed by atoms with Gasteiger partial charge in [0.05, 0.1) is 6.04 Å². The number of ether oxygens (including phenoxy) is 1. The maximum Gasteiger partial charge on any atom is 0.410 e. The minimum atomic E-state index is -0.378. The van der Waals surface area contributed by atoms with Crippen molar-refractivity contribution >= 4 is 24.6 Å². The van der Waals surface area contributed by atoms with Gasteiger partial charge in [0.1, 0.15) is 6.61 Å². The van der Waals surface area contributed by atoms with E-state index in [-0.39, 0.29) is 29.9 Å². The average molecular weight is 282 g/mol. The first kappa shape index (κ1) is 14.0. The van der Waals surface area contributed by atoms with Gasteiger partial charge in [-0.05, 0) is 12.8 Å². The largest absolute Gasteiger partial charge is 0.445 e. The Labute approximate surface area is 118 Å². The van der Waals surface area contributed by atoms with Crippen LogP contribution in [0.25, 0.3) is 0 Å². The van der Waals surface area contributed by atoms with E-state index in [2.05, 4.69) is 24.5 Å². The van der Waals surface area contributed by atoms with Gasteiger partial charge in [0.25, 0.3) is 0 Å². The van der Waals surface area contributed by atoms with Crippen molar-refractivity contribution in [3.05, 3.63) is 24.3 Å². The number of nitrogens with zero attached hydrogens (tertiary/aromatic N) is 1. The highest BCUT2D eigenvalue weighted by Crippen LogP contribution is 2.25. The molecule has 19 heavy (non-hydrogen) atoms. The number of carbonyl (C=O) groups excluding carboxylic acids is 2. The Hall–Kier alpha value is -1.43. The fraction of sp³-hybridized carbons (Fsp3) is 0.538. The molecule has 2 aliphatic rings. The van der Waals surface area contributed by atoms with E-state index in [0.29, 0.717) is 19.5 Å². The fourth-order valence-electron chi connectivity index (χ4n) is 2.35. The van der Waals surface area contributed by atoms with Crippen molar-refractivity contribution in [1.29, 1.82) is 0 Å². The summed E-state index contributed by atoms with van der Waals surface area (Å²) >= 11 is 4.42. The van der Waals surface area contributed by atoms with Gasteiger partial charge in [-0.2, -0.15) is 12.6 Å². The molecule has 2 fully saturated rings.